The van der Waals surface area contributed by atoms with Gasteiger partial charge in [-0.05, 0) is 32.2 Å². The fourth-order valence-electron chi connectivity index (χ4n) is 3.71. The van der Waals surface area contributed by atoms with Crippen LogP contribution < -0.4 is 5.73 Å². The second-order valence-corrected chi connectivity index (χ2v) is 6.66. The molecule has 19 heavy (non-hydrogen) atoms. The van der Waals surface area contributed by atoms with Crippen LogP contribution in [0.15, 0.2) is 0 Å². The van der Waals surface area contributed by atoms with E-state index in [2.05, 4.69) is 18.7 Å². The van der Waals surface area contributed by atoms with Crippen LogP contribution in [0.1, 0.15) is 33.6 Å². The topological polar surface area (TPSA) is 69.8 Å². The van der Waals surface area contributed by atoms with Gasteiger partial charge in [0.25, 0.3) is 0 Å². The molecule has 0 aliphatic carbocycles. The van der Waals surface area contributed by atoms with Gasteiger partial charge in [-0.3, -0.25) is 14.6 Å². The van der Waals surface area contributed by atoms with Crippen molar-refractivity contribution in [2.45, 2.75) is 51.3 Å². The van der Waals surface area contributed by atoms with E-state index in [0.717, 1.165) is 26.2 Å². The Morgan fingerprint density at radius 2 is 2.00 bits per heavy atom. The zero-order chi connectivity index (χ0) is 14.2. The molecule has 2 heterocycles. The molecule has 5 heteroatoms. The van der Waals surface area contributed by atoms with Crippen molar-refractivity contribution in [1.82, 2.24) is 9.80 Å². The van der Waals surface area contributed by atoms with Crippen molar-refractivity contribution in [1.29, 1.82) is 0 Å². The molecule has 2 atom stereocenters. The maximum Gasteiger partial charge on any atom is 0.237 e. The van der Waals surface area contributed by atoms with Crippen LogP contribution >= 0.6 is 0 Å². The van der Waals surface area contributed by atoms with Gasteiger partial charge in [-0.25, -0.2) is 0 Å². The second kappa shape index (κ2) is 5.38. The van der Waals surface area contributed by atoms with Gasteiger partial charge in [-0.2, -0.15) is 0 Å². The molecule has 2 rings (SSSR count). The first-order valence-corrected chi connectivity index (χ1v) is 7.32. The van der Waals surface area contributed by atoms with E-state index in [1.807, 2.05) is 4.90 Å². The van der Waals surface area contributed by atoms with E-state index < -0.39 is 18.1 Å². The summed E-state index contributed by atoms with van der Waals surface area (Å²) in [6.07, 6.45) is 1.73. The quantitative estimate of drug-likeness (QED) is 0.738. The number of nitrogens with zero attached hydrogens (tertiary/aromatic N) is 2. The summed E-state index contributed by atoms with van der Waals surface area (Å²) in [6.45, 7) is 10.1. The third kappa shape index (κ3) is 2.78. The van der Waals surface area contributed by atoms with Crippen LogP contribution in [-0.4, -0.2) is 64.7 Å². The van der Waals surface area contributed by atoms with Crippen LogP contribution in [0.3, 0.4) is 0 Å². The van der Waals surface area contributed by atoms with Gasteiger partial charge in [-0.15, -0.1) is 0 Å². The van der Waals surface area contributed by atoms with Crippen molar-refractivity contribution in [2.75, 3.05) is 26.2 Å². The van der Waals surface area contributed by atoms with Crippen LogP contribution in [0.5, 0.6) is 0 Å². The average molecular weight is 269 g/mol. The van der Waals surface area contributed by atoms with Crippen LogP contribution in [0.2, 0.25) is 0 Å². The third-order valence-electron chi connectivity index (χ3n) is 4.46. The predicted molar refractivity (Wildman–Crippen MR) is 74.6 cm³/mol. The van der Waals surface area contributed by atoms with Crippen molar-refractivity contribution in [2.24, 2.45) is 11.7 Å². The number of carbonyl (C=O) groups excluding carboxylic acids is 1. The summed E-state index contributed by atoms with van der Waals surface area (Å²) >= 11 is 0. The summed E-state index contributed by atoms with van der Waals surface area (Å²) in [5.41, 5.74) is 5.63. The molecule has 1 spiro atoms. The highest BCUT2D eigenvalue weighted by Crippen LogP contribution is 2.39. The number of amides is 1. The molecule has 110 valence electrons. The monoisotopic (exact) mass is 269 g/mol. The summed E-state index contributed by atoms with van der Waals surface area (Å²) in [7, 11) is 0. The van der Waals surface area contributed by atoms with Crippen molar-refractivity contribution in [3.05, 3.63) is 0 Å². The standard InChI is InChI=1S/C14H27N3O2/c1-10(2)7-17-6-4-5-14(17)8-16(9-14)12(11(3)18)13(15)19/h10-12,18H,4-9H2,1-3H3,(H2,15,19)/t11-,12+/m1/s1. The molecule has 2 aliphatic heterocycles. The van der Waals surface area contributed by atoms with Gasteiger partial charge in [0.05, 0.1) is 6.10 Å². The van der Waals surface area contributed by atoms with E-state index in [-0.39, 0.29) is 5.54 Å². The lowest BCUT2D eigenvalue weighted by Crippen LogP contribution is -2.72. The molecule has 2 aliphatic rings. The smallest absolute Gasteiger partial charge is 0.237 e. The maximum atomic E-state index is 11.4. The normalized spacial score (nSPS) is 26.6. The average Bonchev–Trinajstić information content (AvgIpc) is 2.59. The minimum absolute atomic E-state index is 0.229. The van der Waals surface area contributed by atoms with E-state index in [4.69, 9.17) is 5.73 Å². The lowest BCUT2D eigenvalue weighted by atomic mass is 9.84. The number of likely N-dealkylation sites (tertiary alicyclic amines) is 2. The Morgan fingerprint density at radius 1 is 1.37 bits per heavy atom. The molecule has 0 aromatic heterocycles. The maximum absolute atomic E-state index is 11.4. The number of aliphatic hydroxyl groups is 1. The molecule has 0 aromatic carbocycles. The first kappa shape index (κ1) is 14.8. The van der Waals surface area contributed by atoms with Crippen molar-refractivity contribution < 1.29 is 9.90 Å². The Kier molecular flexibility index (Phi) is 4.18. The molecule has 3 N–H and O–H groups in total. The van der Waals surface area contributed by atoms with Gasteiger partial charge in [-0.1, -0.05) is 13.8 Å². The summed E-state index contributed by atoms with van der Waals surface area (Å²) in [5.74, 6) is 0.242. The van der Waals surface area contributed by atoms with Crippen molar-refractivity contribution >= 4 is 5.91 Å². The summed E-state index contributed by atoms with van der Waals surface area (Å²) < 4.78 is 0. The number of hydrogen-bond acceptors (Lipinski definition) is 4. The first-order chi connectivity index (χ1) is 8.85. The first-order valence-electron chi connectivity index (χ1n) is 7.32. The van der Waals surface area contributed by atoms with E-state index >= 15 is 0 Å². The molecule has 0 bridgehead atoms. The summed E-state index contributed by atoms with van der Waals surface area (Å²) in [5, 5.41) is 9.70. The minimum atomic E-state index is -0.699. The molecular formula is C14H27N3O2. The lowest BCUT2D eigenvalue weighted by Gasteiger charge is -2.55. The number of rotatable bonds is 5. The molecule has 2 fully saturated rings. The molecule has 0 aromatic rings. The van der Waals surface area contributed by atoms with Crippen LogP contribution in [0.4, 0.5) is 0 Å². The molecule has 1 amide bonds. The Morgan fingerprint density at radius 3 is 2.47 bits per heavy atom. The molecule has 5 nitrogen and oxygen atoms in total. The third-order valence-corrected chi connectivity index (χ3v) is 4.46. The number of carbonyl (C=O) groups is 1. The fourth-order valence-corrected chi connectivity index (χ4v) is 3.71. The summed E-state index contributed by atoms with van der Waals surface area (Å²) in [4.78, 5) is 16.0. The van der Waals surface area contributed by atoms with Gasteiger partial charge >= 0.3 is 0 Å². The van der Waals surface area contributed by atoms with Crippen molar-refractivity contribution in [3.63, 3.8) is 0 Å². The molecule has 0 unspecified atom stereocenters. The number of aliphatic hydroxyl groups excluding tert-OH is 1. The van der Waals surface area contributed by atoms with Crippen LogP contribution in [0.25, 0.3) is 0 Å². The molecular weight excluding hydrogens is 242 g/mol. The van der Waals surface area contributed by atoms with E-state index in [1.54, 1.807) is 6.92 Å². The number of primary amides is 1. The van der Waals surface area contributed by atoms with E-state index in [0.29, 0.717) is 5.92 Å². The van der Waals surface area contributed by atoms with Gasteiger partial charge in [0, 0.05) is 25.2 Å². The Bertz CT molecular complexity index is 338. The molecule has 2 saturated heterocycles. The zero-order valence-corrected chi connectivity index (χ0v) is 12.3. The van der Waals surface area contributed by atoms with Gasteiger partial charge in [0.2, 0.25) is 5.91 Å². The SMILES string of the molecule is CC(C)CN1CCCC12CN([C@H](C(N)=O)[C@@H](C)O)C2. The number of hydrogen-bond donors (Lipinski definition) is 2. The van der Waals surface area contributed by atoms with E-state index in [1.165, 1.54) is 12.8 Å². The highest BCUT2D eigenvalue weighted by atomic mass is 16.3. The van der Waals surface area contributed by atoms with Crippen LogP contribution in [0, 0.1) is 5.92 Å². The minimum Gasteiger partial charge on any atom is -0.391 e. The van der Waals surface area contributed by atoms with Gasteiger partial charge < -0.3 is 10.8 Å². The summed E-state index contributed by atoms with van der Waals surface area (Å²) in [6, 6.07) is -0.535. The second-order valence-electron chi connectivity index (χ2n) is 6.66. The Labute approximate surface area is 115 Å². The molecule has 0 saturated carbocycles. The van der Waals surface area contributed by atoms with Crippen molar-refractivity contribution in [3.8, 4) is 0 Å². The van der Waals surface area contributed by atoms with Gasteiger partial charge in [0.1, 0.15) is 6.04 Å². The Hall–Kier alpha value is -0.650. The fraction of sp³-hybridized carbons (Fsp3) is 0.929. The van der Waals surface area contributed by atoms with Gasteiger partial charge in [0.15, 0.2) is 0 Å². The highest BCUT2D eigenvalue weighted by molar-refractivity contribution is 5.80. The predicted octanol–water partition coefficient (Wildman–Crippen LogP) is 0.0273. The lowest BCUT2D eigenvalue weighted by molar-refractivity contribution is -0.137. The highest BCUT2D eigenvalue weighted by Gasteiger charge is 2.53. The number of nitrogens with two attached hydrogens (primary N) is 1. The Balaban J connectivity index is 1.98. The molecule has 0 radical (unpaired) electrons. The van der Waals surface area contributed by atoms with E-state index in [9.17, 15) is 9.90 Å². The largest absolute Gasteiger partial charge is 0.391 e. The zero-order valence-electron chi connectivity index (χ0n) is 12.3. The van der Waals surface area contributed by atoms with Crippen LogP contribution in [-0.2, 0) is 4.79 Å².